The first-order chi connectivity index (χ1) is 15.9. The van der Waals surface area contributed by atoms with Crippen LogP contribution in [-0.2, 0) is 24.3 Å². The molecule has 0 unspecified atom stereocenters. The summed E-state index contributed by atoms with van der Waals surface area (Å²) in [6, 6.07) is 10.2. The van der Waals surface area contributed by atoms with Gasteiger partial charge >= 0.3 is 5.69 Å². The SMILES string of the molecule is CC1(C)Cc2c(sc3c2c2nc(-c4cccnc4)nn2c(=O)n3Cc2ccccc2F)CO1. The summed E-state index contributed by atoms with van der Waals surface area (Å²) in [5.74, 6) is 0.0782. The molecule has 0 atom stereocenters. The molecule has 33 heavy (non-hydrogen) atoms. The van der Waals surface area contributed by atoms with Crippen molar-refractivity contribution >= 4 is 27.2 Å². The number of pyridine rings is 1. The lowest BCUT2D eigenvalue weighted by Crippen LogP contribution is -2.31. The lowest BCUT2D eigenvalue weighted by atomic mass is 9.94. The molecule has 5 aromatic rings. The summed E-state index contributed by atoms with van der Waals surface area (Å²) in [6.07, 6.45) is 4.03. The highest BCUT2D eigenvalue weighted by atomic mass is 32.1. The van der Waals surface area contributed by atoms with Crippen molar-refractivity contribution in [3.8, 4) is 11.4 Å². The molecule has 5 heterocycles. The third-order valence-electron chi connectivity index (χ3n) is 5.96. The van der Waals surface area contributed by atoms with Gasteiger partial charge < -0.3 is 4.74 Å². The van der Waals surface area contributed by atoms with Crippen LogP contribution in [0.5, 0.6) is 0 Å². The number of hydrogen-bond donors (Lipinski definition) is 0. The van der Waals surface area contributed by atoms with E-state index < -0.39 is 0 Å². The lowest BCUT2D eigenvalue weighted by molar-refractivity contribution is -0.0379. The minimum Gasteiger partial charge on any atom is -0.370 e. The number of ether oxygens (including phenoxy) is 1. The van der Waals surface area contributed by atoms with Gasteiger partial charge in [0.15, 0.2) is 11.5 Å². The van der Waals surface area contributed by atoms with Crippen LogP contribution in [0.25, 0.3) is 27.3 Å². The van der Waals surface area contributed by atoms with Gasteiger partial charge in [0.2, 0.25) is 0 Å². The molecule has 1 aliphatic rings. The van der Waals surface area contributed by atoms with E-state index in [4.69, 9.17) is 9.72 Å². The molecule has 0 saturated carbocycles. The first kappa shape index (κ1) is 20.2. The second-order valence-electron chi connectivity index (χ2n) is 8.78. The summed E-state index contributed by atoms with van der Waals surface area (Å²) in [4.78, 5) is 24.3. The Balaban J connectivity index is 1.67. The topological polar surface area (TPSA) is 74.3 Å². The van der Waals surface area contributed by atoms with Crippen LogP contribution in [0.4, 0.5) is 4.39 Å². The monoisotopic (exact) mass is 461 g/mol. The summed E-state index contributed by atoms with van der Waals surface area (Å²) < 4.78 is 23.5. The predicted molar refractivity (Wildman–Crippen MR) is 124 cm³/mol. The first-order valence-corrected chi connectivity index (χ1v) is 11.4. The Morgan fingerprint density at radius 1 is 1.21 bits per heavy atom. The van der Waals surface area contributed by atoms with Gasteiger partial charge in [0.25, 0.3) is 0 Å². The van der Waals surface area contributed by atoms with E-state index in [1.807, 2.05) is 6.07 Å². The molecule has 1 aliphatic heterocycles. The van der Waals surface area contributed by atoms with Gasteiger partial charge in [-0.25, -0.2) is 14.2 Å². The van der Waals surface area contributed by atoms with Gasteiger partial charge in [-0.3, -0.25) is 9.55 Å². The molecule has 0 N–H and O–H groups in total. The quantitative estimate of drug-likeness (QED) is 0.403. The number of thiophene rings is 1. The minimum absolute atomic E-state index is 0.101. The maximum atomic E-state index is 14.5. The van der Waals surface area contributed by atoms with E-state index in [-0.39, 0.29) is 23.7 Å². The maximum Gasteiger partial charge on any atom is 0.352 e. The zero-order valence-corrected chi connectivity index (χ0v) is 18.9. The number of halogens is 1. The van der Waals surface area contributed by atoms with E-state index in [2.05, 4.69) is 23.9 Å². The molecule has 0 saturated heterocycles. The van der Waals surface area contributed by atoms with Gasteiger partial charge in [-0.1, -0.05) is 18.2 Å². The van der Waals surface area contributed by atoms with Crippen molar-refractivity contribution in [2.24, 2.45) is 0 Å². The Bertz CT molecular complexity index is 1590. The van der Waals surface area contributed by atoms with Crippen molar-refractivity contribution < 1.29 is 9.13 Å². The van der Waals surface area contributed by atoms with Crippen molar-refractivity contribution in [1.29, 1.82) is 0 Å². The van der Waals surface area contributed by atoms with Crippen molar-refractivity contribution in [3.63, 3.8) is 0 Å². The summed E-state index contributed by atoms with van der Waals surface area (Å²) >= 11 is 1.51. The third-order valence-corrected chi connectivity index (χ3v) is 7.19. The molecule has 1 aromatic carbocycles. The Hall–Kier alpha value is -3.43. The van der Waals surface area contributed by atoms with Crippen LogP contribution >= 0.6 is 11.3 Å². The molecule has 0 bridgehead atoms. The average Bonchev–Trinajstić information content (AvgIpc) is 3.39. The van der Waals surface area contributed by atoms with E-state index in [0.29, 0.717) is 30.1 Å². The van der Waals surface area contributed by atoms with E-state index in [0.717, 1.165) is 26.2 Å². The van der Waals surface area contributed by atoms with Gasteiger partial charge in [-0.2, -0.15) is 4.52 Å². The van der Waals surface area contributed by atoms with Crippen LogP contribution in [0.3, 0.4) is 0 Å². The van der Waals surface area contributed by atoms with Gasteiger partial charge in [-0.05, 0) is 37.6 Å². The molecule has 9 heteroatoms. The van der Waals surface area contributed by atoms with E-state index in [9.17, 15) is 9.18 Å². The summed E-state index contributed by atoms with van der Waals surface area (Å²) in [5, 5.41) is 5.41. The van der Waals surface area contributed by atoms with E-state index in [1.54, 1.807) is 41.2 Å². The smallest absolute Gasteiger partial charge is 0.352 e. The molecular weight excluding hydrogens is 441 g/mol. The Morgan fingerprint density at radius 3 is 2.85 bits per heavy atom. The standard InChI is InChI=1S/C24H20FN5O2S/c1-24(2)10-16-18(13-32-24)33-22-19(16)21-27-20(14-7-5-9-26-11-14)28-30(21)23(31)29(22)12-15-6-3-4-8-17(15)25/h3-9,11H,10,12-13H2,1-2H3. The number of fused-ring (bicyclic) bond motifs is 5. The highest BCUT2D eigenvalue weighted by molar-refractivity contribution is 7.19. The van der Waals surface area contributed by atoms with Gasteiger partial charge in [-0.15, -0.1) is 16.4 Å². The number of nitrogens with zero attached hydrogens (tertiary/aromatic N) is 5. The fourth-order valence-corrected chi connectivity index (χ4v) is 5.54. The summed E-state index contributed by atoms with van der Waals surface area (Å²) in [5.41, 5.74) is 2.09. The number of benzene rings is 1. The van der Waals surface area contributed by atoms with E-state index >= 15 is 0 Å². The molecule has 4 aromatic heterocycles. The zero-order valence-electron chi connectivity index (χ0n) is 18.1. The molecule has 0 radical (unpaired) electrons. The Kier molecular flexibility index (Phi) is 4.46. The molecule has 0 aliphatic carbocycles. The largest absolute Gasteiger partial charge is 0.370 e. The van der Waals surface area contributed by atoms with Crippen LogP contribution in [-0.4, -0.2) is 29.8 Å². The Morgan fingerprint density at radius 2 is 2.06 bits per heavy atom. The van der Waals surface area contributed by atoms with Crippen LogP contribution in [0.2, 0.25) is 0 Å². The molecule has 0 spiro atoms. The fraction of sp³-hybridized carbons (Fsp3) is 0.250. The summed E-state index contributed by atoms with van der Waals surface area (Å²) in [7, 11) is 0. The van der Waals surface area contributed by atoms with Gasteiger partial charge in [0.05, 0.1) is 24.1 Å². The predicted octanol–water partition coefficient (Wildman–Crippen LogP) is 4.21. The zero-order chi connectivity index (χ0) is 22.7. The van der Waals surface area contributed by atoms with Crippen molar-refractivity contribution in [2.45, 2.75) is 39.0 Å². The van der Waals surface area contributed by atoms with E-state index in [1.165, 1.54) is 21.9 Å². The maximum absolute atomic E-state index is 14.5. The normalized spacial score (nSPS) is 15.2. The van der Waals surface area contributed by atoms with Crippen molar-refractivity contribution in [2.75, 3.05) is 0 Å². The molecule has 166 valence electrons. The van der Waals surface area contributed by atoms with Crippen molar-refractivity contribution in [3.05, 3.63) is 81.1 Å². The van der Waals surface area contributed by atoms with Crippen LogP contribution < -0.4 is 5.69 Å². The van der Waals surface area contributed by atoms with Crippen LogP contribution in [0.1, 0.15) is 29.9 Å². The van der Waals surface area contributed by atoms with Gasteiger partial charge in [0.1, 0.15) is 10.6 Å². The second kappa shape index (κ2) is 7.29. The minimum atomic E-state index is -0.359. The Labute approximate surface area is 192 Å². The highest BCUT2D eigenvalue weighted by Gasteiger charge is 2.32. The molecule has 0 fully saturated rings. The number of rotatable bonds is 3. The molecule has 6 rings (SSSR count). The average molecular weight is 462 g/mol. The fourth-order valence-electron chi connectivity index (χ4n) is 4.32. The number of hydrogen-bond acceptors (Lipinski definition) is 6. The van der Waals surface area contributed by atoms with Crippen LogP contribution in [0.15, 0.2) is 53.6 Å². The summed E-state index contributed by atoms with van der Waals surface area (Å²) in [6.45, 7) is 4.67. The molecule has 0 amide bonds. The molecule has 7 nitrogen and oxygen atoms in total. The van der Waals surface area contributed by atoms with Crippen molar-refractivity contribution in [1.82, 2.24) is 24.1 Å². The molecular formula is C24H20FN5O2S. The first-order valence-electron chi connectivity index (χ1n) is 10.6. The van der Waals surface area contributed by atoms with Gasteiger partial charge in [0, 0.05) is 34.8 Å². The second-order valence-corrected chi connectivity index (χ2v) is 9.87. The van der Waals surface area contributed by atoms with Crippen LogP contribution in [0, 0.1) is 5.82 Å². The lowest BCUT2D eigenvalue weighted by Gasteiger charge is -2.30. The highest BCUT2D eigenvalue weighted by Crippen LogP contribution is 2.40. The number of aromatic nitrogens is 5. The third kappa shape index (κ3) is 3.27.